The summed E-state index contributed by atoms with van der Waals surface area (Å²) in [4.78, 5) is 36.5. The van der Waals surface area contributed by atoms with E-state index in [0.717, 1.165) is 12.8 Å². The van der Waals surface area contributed by atoms with Gasteiger partial charge in [0.15, 0.2) is 6.61 Å². The van der Waals surface area contributed by atoms with E-state index in [0.29, 0.717) is 12.5 Å². The number of nitrogens with one attached hydrogen (secondary N) is 2. The van der Waals surface area contributed by atoms with Gasteiger partial charge in [-0.15, -0.1) is 0 Å². The molecule has 0 bridgehead atoms. The lowest BCUT2D eigenvalue weighted by Gasteiger charge is -2.22. The van der Waals surface area contributed by atoms with Gasteiger partial charge in [0.2, 0.25) is 0 Å². The zero-order valence-electron chi connectivity index (χ0n) is 16.5. The predicted molar refractivity (Wildman–Crippen MR) is 103 cm³/mol. The van der Waals surface area contributed by atoms with E-state index in [1.54, 1.807) is 13.8 Å². The second kappa shape index (κ2) is 10.8. The van der Waals surface area contributed by atoms with Gasteiger partial charge in [-0.25, -0.2) is 9.18 Å². The molecule has 0 aromatic heterocycles. The van der Waals surface area contributed by atoms with Gasteiger partial charge in [-0.2, -0.15) is 0 Å². The standard InChI is InChI=1S/C21H29FN2O4/c1-14(2)19(24-20(26)16-10-6-7-11-17(16)22)21(27)28-13-18(25)23-12-15-8-4-3-5-9-15/h6-7,10-11,14-15,19H,3-5,8-9,12-13H2,1-2H3,(H,23,25)(H,24,26)/t19-/m0/s1. The molecule has 1 saturated carbocycles. The minimum Gasteiger partial charge on any atom is -0.454 e. The van der Waals surface area contributed by atoms with Gasteiger partial charge in [0, 0.05) is 6.54 Å². The molecule has 1 aromatic rings. The molecule has 0 spiro atoms. The molecule has 0 radical (unpaired) electrons. The molecule has 2 rings (SSSR count). The summed E-state index contributed by atoms with van der Waals surface area (Å²) in [5, 5.41) is 5.29. The Bertz CT molecular complexity index is 687. The molecule has 6 nitrogen and oxygen atoms in total. The minimum atomic E-state index is -0.974. The van der Waals surface area contributed by atoms with Crippen LogP contribution in [0.2, 0.25) is 0 Å². The largest absolute Gasteiger partial charge is 0.454 e. The van der Waals surface area contributed by atoms with Crippen molar-refractivity contribution in [3.63, 3.8) is 0 Å². The van der Waals surface area contributed by atoms with Crippen molar-refractivity contribution >= 4 is 17.8 Å². The molecule has 1 fully saturated rings. The molecule has 0 heterocycles. The van der Waals surface area contributed by atoms with Crippen LogP contribution >= 0.6 is 0 Å². The third-order valence-corrected chi connectivity index (χ3v) is 4.98. The number of carbonyl (C=O) groups excluding carboxylic acids is 3. The fraction of sp³-hybridized carbons (Fsp3) is 0.571. The van der Waals surface area contributed by atoms with Crippen molar-refractivity contribution in [2.45, 2.75) is 52.0 Å². The Labute approximate surface area is 165 Å². The molecule has 28 heavy (non-hydrogen) atoms. The average Bonchev–Trinajstić information content (AvgIpc) is 2.69. The number of halogens is 1. The molecule has 0 aliphatic heterocycles. The van der Waals surface area contributed by atoms with Crippen molar-refractivity contribution in [2.75, 3.05) is 13.2 Å². The van der Waals surface area contributed by atoms with Gasteiger partial charge in [-0.05, 0) is 36.8 Å². The van der Waals surface area contributed by atoms with E-state index in [4.69, 9.17) is 4.74 Å². The van der Waals surface area contributed by atoms with E-state index < -0.39 is 30.3 Å². The summed E-state index contributed by atoms with van der Waals surface area (Å²) in [7, 11) is 0. The van der Waals surface area contributed by atoms with Gasteiger partial charge >= 0.3 is 5.97 Å². The Morgan fingerprint density at radius 2 is 1.82 bits per heavy atom. The number of rotatable bonds is 8. The van der Waals surface area contributed by atoms with Crippen LogP contribution in [-0.4, -0.2) is 37.0 Å². The highest BCUT2D eigenvalue weighted by molar-refractivity contribution is 5.97. The Balaban J connectivity index is 1.82. The lowest BCUT2D eigenvalue weighted by Crippen LogP contribution is -2.46. The van der Waals surface area contributed by atoms with Gasteiger partial charge < -0.3 is 15.4 Å². The van der Waals surface area contributed by atoms with E-state index in [-0.39, 0.29) is 17.4 Å². The van der Waals surface area contributed by atoms with Gasteiger partial charge in [0.1, 0.15) is 11.9 Å². The van der Waals surface area contributed by atoms with Crippen LogP contribution in [-0.2, 0) is 14.3 Å². The fourth-order valence-corrected chi connectivity index (χ4v) is 3.29. The first-order chi connectivity index (χ1) is 13.4. The SMILES string of the molecule is CC(C)[C@H](NC(=O)c1ccccc1F)C(=O)OCC(=O)NCC1CCCCC1. The van der Waals surface area contributed by atoms with Gasteiger partial charge in [0.05, 0.1) is 5.56 Å². The summed E-state index contributed by atoms with van der Waals surface area (Å²) in [6.07, 6.45) is 5.84. The summed E-state index contributed by atoms with van der Waals surface area (Å²) in [5.74, 6) is -2.24. The second-order valence-electron chi connectivity index (χ2n) is 7.59. The number of hydrogen-bond acceptors (Lipinski definition) is 4. The van der Waals surface area contributed by atoms with Gasteiger partial charge in [-0.3, -0.25) is 9.59 Å². The molecule has 2 N–H and O–H groups in total. The van der Waals surface area contributed by atoms with Crippen molar-refractivity contribution in [2.24, 2.45) is 11.8 Å². The Hall–Kier alpha value is -2.44. The lowest BCUT2D eigenvalue weighted by atomic mass is 9.89. The third-order valence-electron chi connectivity index (χ3n) is 4.98. The van der Waals surface area contributed by atoms with Crippen molar-refractivity contribution in [1.29, 1.82) is 0 Å². The van der Waals surface area contributed by atoms with Crippen LogP contribution < -0.4 is 10.6 Å². The Morgan fingerprint density at radius 3 is 2.46 bits per heavy atom. The number of esters is 1. The van der Waals surface area contributed by atoms with Crippen molar-refractivity contribution in [3.8, 4) is 0 Å². The quantitative estimate of drug-likeness (QED) is 0.667. The molecular formula is C21H29FN2O4. The normalized spacial score (nSPS) is 15.7. The summed E-state index contributed by atoms with van der Waals surface area (Å²) >= 11 is 0. The van der Waals surface area contributed by atoms with Gasteiger partial charge in [0.25, 0.3) is 11.8 Å². The molecule has 1 atom stereocenters. The number of carbonyl (C=O) groups is 3. The highest BCUT2D eigenvalue weighted by Crippen LogP contribution is 2.22. The highest BCUT2D eigenvalue weighted by Gasteiger charge is 2.27. The maximum Gasteiger partial charge on any atom is 0.329 e. The first-order valence-electron chi connectivity index (χ1n) is 9.87. The smallest absolute Gasteiger partial charge is 0.329 e. The number of hydrogen-bond donors (Lipinski definition) is 2. The zero-order chi connectivity index (χ0) is 20.5. The van der Waals surface area contributed by atoms with Crippen LogP contribution in [0.5, 0.6) is 0 Å². The van der Waals surface area contributed by atoms with Crippen molar-refractivity contribution in [3.05, 3.63) is 35.6 Å². The highest BCUT2D eigenvalue weighted by atomic mass is 19.1. The first-order valence-corrected chi connectivity index (χ1v) is 9.87. The van der Waals surface area contributed by atoms with Crippen molar-refractivity contribution in [1.82, 2.24) is 10.6 Å². The molecule has 1 aliphatic carbocycles. The van der Waals surface area contributed by atoms with Crippen LogP contribution in [0.1, 0.15) is 56.3 Å². The maximum absolute atomic E-state index is 13.8. The Morgan fingerprint density at radius 1 is 1.14 bits per heavy atom. The maximum atomic E-state index is 13.8. The van der Waals surface area contributed by atoms with Crippen LogP contribution in [0.4, 0.5) is 4.39 Å². The number of amides is 2. The summed E-state index contributed by atoms with van der Waals surface area (Å²) in [6.45, 7) is 3.66. The summed E-state index contributed by atoms with van der Waals surface area (Å²) in [6, 6.07) is 4.56. The van der Waals surface area contributed by atoms with Crippen LogP contribution in [0.15, 0.2) is 24.3 Å². The lowest BCUT2D eigenvalue weighted by molar-refractivity contribution is -0.151. The van der Waals surface area contributed by atoms with Gasteiger partial charge in [-0.1, -0.05) is 45.2 Å². The Kier molecular flexibility index (Phi) is 8.42. The average molecular weight is 392 g/mol. The fourth-order valence-electron chi connectivity index (χ4n) is 3.29. The zero-order valence-corrected chi connectivity index (χ0v) is 16.5. The molecule has 1 aromatic carbocycles. The number of benzene rings is 1. The van der Waals surface area contributed by atoms with Crippen LogP contribution in [0, 0.1) is 17.7 Å². The first kappa shape index (κ1) is 21.9. The third kappa shape index (κ3) is 6.62. The van der Waals surface area contributed by atoms with Crippen LogP contribution in [0.3, 0.4) is 0 Å². The van der Waals surface area contributed by atoms with E-state index in [1.807, 2.05) is 0 Å². The molecule has 1 aliphatic rings. The predicted octanol–water partition coefficient (Wildman–Crippen LogP) is 2.82. The van der Waals surface area contributed by atoms with E-state index in [2.05, 4.69) is 10.6 Å². The van der Waals surface area contributed by atoms with E-state index in [9.17, 15) is 18.8 Å². The minimum absolute atomic E-state index is 0.147. The molecular weight excluding hydrogens is 363 g/mol. The summed E-state index contributed by atoms with van der Waals surface area (Å²) in [5.41, 5.74) is -0.147. The monoisotopic (exact) mass is 392 g/mol. The van der Waals surface area contributed by atoms with Crippen molar-refractivity contribution < 1.29 is 23.5 Å². The molecule has 2 amide bonds. The number of ether oxygens (including phenoxy) is 1. The molecule has 0 unspecified atom stereocenters. The molecule has 154 valence electrons. The van der Waals surface area contributed by atoms with E-state index in [1.165, 1.54) is 43.5 Å². The topological polar surface area (TPSA) is 84.5 Å². The van der Waals surface area contributed by atoms with Crippen LogP contribution in [0.25, 0.3) is 0 Å². The van der Waals surface area contributed by atoms with E-state index >= 15 is 0 Å². The molecule has 7 heteroatoms. The molecule has 0 saturated heterocycles. The second-order valence-corrected chi connectivity index (χ2v) is 7.59. The summed E-state index contributed by atoms with van der Waals surface area (Å²) < 4.78 is 18.8.